The number of nitrogens with zero attached hydrogens (tertiary/aromatic N) is 1. The van der Waals surface area contributed by atoms with E-state index in [2.05, 4.69) is 5.32 Å². The van der Waals surface area contributed by atoms with Gasteiger partial charge in [-0.25, -0.2) is 8.42 Å². The Morgan fingerprint density at radius 2 is 1.66 bits per heavy atom. The molecule has 6 nitrogen and oxygen atoms in total. The van der Waals surface area contributed by atoms with Gasteiger partial charge in [0.1, 0.15) is 12.3 Å². The van der Waals surface area contributed by atoms with E-state index in [0.717, 1.165) is 21.9 Å². The first-order valence-corrected chi connectivity index (χ1v) is 11.6. The number of sulfonamides is 1. The first-order chi connectivity index (χ1) is 13.5. The van der Waals surface area contributed by atoms with Crippen LogP contribution in [0.5, 0.6) is 5.75 Å². The molecule has 0 aliphatic rings. The van der Waals surface area contributed by atoms with Crippen LogP contribution in [0.25, 0.3) is 0 Å². The minimum absolute atomic E-state index is 0.0655. The average Bonchev–Trinajstić information content (AvgIpc) is 2.61. The molecule has 2 rings (SSSR count). The Bertz CT molecular complexity index is 980. The highest BCUT2D eigenvalue weighted by Gasteiger charge is 2.24. The summed E-state index contributed by atoms with van der Waals surface area (Å²) in [7, 11) is -3.80. The monoisotopic (exact) mass is 478 g/mol. The first kappa shape index (κ1) is 23.6. The molecule has 0 heterocycles. The standard InChI is InChI=1S/C19H21Cl3N2O4S/c1-12(2)28-14-6-4-13(5-7-14)10-23-19(25)11-24(29(3,26)27)18-9-16(21)15(20)8-17(18)22/h4-9,12H,10-11H2,1-3H3,(H,23,25). The van der Waals surface area contributed by atoms with Crippen LogP contribution < -0.4 is 14.4 Å². The number of carbonyl (C=O) groups excluding carboxylic acids is 1. The second-order valence-electron chi connectivity index (χ2n) is 6.57. The van der Waals surface area contributed by atoms with Crippen molar-refractivity contribution in [3.8, 4) is 5.75 Å². The molecule has 0 radical (unpaired) electrons. The molecule has 1 N–H and O–H groups in total. The van der Waals surface area contributed by atoms with Crippen molar-refractivity contribution in [2.45, 2.75) is 26.5 Å². The molecule has 29 heavy (non-hydrogen) atoms. The van der Waals surface area contributed by atoms with Crippen LogP contribution in [0, 0.1) is 0 Å². The molecular formula is C19H21Cl3N2O4S. The van der Waals surface area contributed by atoms with E-state index >= 15 is 0 Å². The van der Waals surface area contributed by atoms with Gasteiger partial charge in [-0.2, -0.15) is 0 Å². The topological polar surface area (TPSA) is 75.7 Å². The highest BCUT2D eigenvalue weighted by molar-refractivity contribution is 7.92. The lowest BCUT2D eigenvalue weighted by Gasteiger charge is -2.23. The molecule has 0 unspecified atom stereocenters. The maximum atomic E-state index is 12.4. The van der Waals surface area contributed by atoms with Crippen molar-refractivity contribution in [2.75, 3.05) is 17.1 Å². The molecule has 0 saturated heterocycles. The number of ether oxygens (including phenoxy) is 1. The van der Waals surface area contributed by atoms with Crippen molar-refractivity contribution in [2.24, 2.45) is 0 Å². The summed E-state index contributed by atoms with van der Waals surface area (Å²) in [6.07, 6.45) is 1.04. The zero-order valence-corrected chi connectivity index (χ0v) is 19.2. The van der Waals surface area contributed by atoms with E-state index in [1.165, 1.54) is 12.1 Å². The fraction of sp³-hybridized carbons (Fsp3) is 0.316. The Labute approximate surface area is 185 Å². The summed E-state index contributed by atoms with van der Waals surface area (Å²) in [5.41, 5.74) is 0.918. The molecule has 2 aromatic carbocycles. The van der Waals surface area contributed by atoms with E-state index < -0.39 is 22.5 Å². The van der Waals surface area contributed by atoms with Crippen molar-refractivity contribution < 1.29 is 17.9 Å². The van der Waals surface area contributed by atoms with Gasteiger partial charge in [-0.05, 0) is 43.7 Å². The molecule has 158 valence electrons. The van der Waals surface area contributed by atoms with Crippen LogP contribution in [0.1, 0.15) is 19.4 Å². The fourth-order valence-electron chi connectivity index (χ4n) is 2.43. The van der Waals surface area contributed by atoms with Gasteiger partial charge in [0, 0.05) is 6.54 Å². The zero-order chi connectivity index (χ0) is 21.8. The molecule has 0 saturated carbocycles. The van der Waals surface area contributed by atoms with Crippen molar-refractivity contribution in [3.05, 3.63) is 57.0 Å². The third-order valence-corrected chi connectivity index (χ3v) is 5.88. The third-order valence-electron chi connectivity index (χ3n) is 3.73. The SMILES string of the molecule is CC(C)Oc1ccc(CNC(=O)CN(c2cc(Cl)c(Cl)cc2Cl)S(C)(=O)=O)cc1. The highest BCUT2D eigenvalue weighted by atomic mass is 35.5. The maximum Gasteiger partial charge on any atom is 0.241 e. The number of nitrogens with one attached hydrogen (secondary N) is 1. The Balaban J connectivity index is 2.09. The number of rotatable bonds is 8. The van der Waals surface area contributed by atoms with Crippen molar-refractivity contribution in [1.82, 2.24) is 5.32 Å². The summed E-state index contributed by atoms with van der Waals surface area (Å²) < 4.78 is 30.9. The van der Waals surface area contributed by atoms with Crippen LogP contribution in [-0.2, 0) is 21.4 Å². The summed E-state index contributed by atoms with van der Waals surface area (Å²) in [5, 5.41) is 3.07. The number of amides is 1. The lowest BCUT2D eigenvalue weighted by atomic mass is 10.2. The van der Waals surface area contributed by atoms with Crippen LogP contribution in [0.4, 0.5) is 5.69 Å². The Kier molecular flexibility index (Phi) is 8.05. The lowest BCUT2D eigenvalue weighted by Crippen LogP contribution is -2.40. The predicted molar refractivity (Wildman–Crippen MR) is 118 cm³/mol. The minimum atomic E-state index is -3.80. The fourth-order valence-corrected chi connectivity index (χ4v) is 3.98. The zero-order valence-electron chi connectivity index (χ0n) is 16.1. The van der Waals surface area contributed by atoms with Crippen LogP contribution >= 0.6 is 34.8 Å². The van der Waals surface area contributed by atoms with Gasteiger partial charge in [-0.3, -0.25) is 9.10 Å². The number of hydrogen-bond donors (Lipinski definition) is 1. The summed E-state index contributed by atoms with van der Waals surface area (Å²) >= 11 is 18.0. The molecule has 1 amide bonds. The molecule has 0 bridgehead atoms. The van der Waals surface area contributed by atoms with Crippen molar-refractivity contribution >= 4 is 56.4 Å². The molecule has 0 aromatic heterocycles. The second-order valence-corrected chi connectivity index (χ2v) is 9.70. The summed E-state index contributed by atoms with van der Waals surface area (Å²) in [5.74, 6) is 0.229. The maximum absolute atomic E-state index is 12.4. The van der Waals surface area contributed by atoms with Crippen LogP contribution in [0.15, 0.2) is 36.4 Å². The number of anilines is 1. The number of carbonyl (C=O) groups is 1. The van der Waals surface area contributed by atoms with Gasteiger partial charge in [0.2, 0.25) is 15.9 Å². The van der Waals surface area contributed by atoms with E-state index in [1.807, 2.05) is 26.0 Å². The second kappa shape index (κ2) is 9.89. The summed E-state index contributed by atoms with van der Waals surface area (Å²) in [6, 6.07) is 9.90. The van der Waals surface area contributed by atoms with Crippen molar-refractivity contribution in [3.63, 3.8) is 0 Å². The molecule has 0 atom stereocenters. The molecule has 2 aromatic rings. The van der Waals surface area contributed by atoms with Gasteiger partial charge < -0.3 is 10.1 Å². The van der Waals surface area contributed by atoms with Gasteiger partial charge in [-0.1, -0.05) is 46.9 Å². The van der Waals surface area contributed by atoms with Gasteiger partial charge in [-0.15, -0.1) is 0 Å². The smallest absolute Gasteiger partial charge is 0.241 e. The van der Waals surface area contributed by atoms with Crippen LogP contribution in [0.3, 0.4) is 0 Å². The van der Waals surface area contributed by atoms with Crippen LogP contribution in [0.2, 0.25) is 15.1 Å². The van der Waals surface area contributed by atoms with Crippen LogP contribution in [-0.4, -0.2) is 33.2 Å². The average molecular weight is 480 g/mol. The molecule has 0 aliphatic heterocycles. The Morgan fingerprint density at radius 3 is 2.21 bits per heavy atom. The van der Waals surface area contributed by atoms with E-state index in [0.29, 0.717) is 0 Å². The predicted octanol–water partition coefficient (Wildman–Crippen LogP) is 4.52. The van der Waals surface area contributed by atoms with E-state index in [1.54, 1.807) is 12.1 Å². The largest absolute Gasteiger partial charge is 0.491 e. The molecule has 10 heteroatoms. The van der Waals surface area contributed by atoms with Crippen molar-refractivity contribution in [1.29, 1.82) is 0 Å². The minimum Gasteiger partial charge on any atom is -0.491 e. The van der Waals surface area contributed by atoms with E-state index in [9.17, 15) is 13.2 Å². The van der Waals surface area contributed by atoms with Gasteiger partial charge in [0.05, 0.1) is 33.1 Å². The summed E-state index contributed by atoms with van der Waals surface area (Å²) in [6.45, 7) is 3.64. The third kappa shape index (κ3) is 6.96. The summed E-state index contributed by atoms with van der Waals surface area (Å²) in [4.78, 5) is 12.4. The van der Waals surface area contributed by atoms with Gasteiger partial charge >= 0.3 is 0 Å². The number of hydrogen-bond acceptors (Lipinski definition) is 4. The quantitative estimate of drug-likeness (QED) is 0.565. The van der Waals surface area contributed by atoms with E-state index in [-0.39, 0.29) is 33.4 Å². The van der Waals surface area contributed by atoms with E-state index in [4.69, 9.17) is 39.5 Å². The molecule has 0 fully saturated rings. The number of benzene rings is 2. The molecular weight excluding hydrogens is 459 g/mol. The normalized spacial score (nSPS) is 11.4. The van der Waals surface area contributed by atoms with Gasteiger partial charge in [0.25, 0.3) is 0 Å². The number of halogens is 3. The first-order valence-electron chi connectivity index (χ1n) is 8.62. The highest BCUT2D eigenvalue weighted by Crippen LogP contribution is 2.35. The Hall–Kier alpha value is -1.67. The molecule has 0 aliphatic carbocycles. The lowest BCUT2D eigenvalue weighted by molar-refractivity contribution is -0.119. The Morgan fingerprint density at radius 1 is 1.07 bits per heavy atom. The van der Waals surface area contributed by atoms with Gasteiger partial charge in [0.15, 0.2) is 0 Å². The molecule has 0 spiro atoms.